The molecule has 4 N–H and O–H groups in total. The number of Topliss-reactive ketones (excluding diaryl/α,β-unsaturated/α-hetero) is 1. The maximum atomic E-state index is 12.2. The highest BCUT2D eigenvalue weighted by molar-refractivity contribution is 6.04. The van der Waals surface area contributed by atoms with E-state index in [1.54, 1.807) is 6.08 Å². The summed E-state index contributed by atoms with van der Waals surface area (Å²) in [6, 6.07) is 1.90. The lowest BCUT2D eigenvalue weighted by Gasteiger charge is -2.17. The van der Waals surface area contributed by atoms with Gasteiger partial charge in [-0.25, -0.2) is 0 Å². The van der Waals surface area contributed by atoms with Gasteiger partial charge in [0.15, 0.2) is 5.78 Å². The van der Waals surface area contributed by atoms with E-state index in [1.165, 1.54) is 6.08 Å². The van der Waals surface area contributed by atoms with Gasteiger partial charge in [0, 0.05) is 37.7 Å². The van der Waals surface area contributed by atoms with Crippen molar-refractivity contribution in [2.24, 2.45) is 5.73 Å². The number of hydrogen-bond donors (Lipinski definition) is 3. The van der Waals surface area contributed by atoms with Crippen LogP contribution in [0.2, 0.25) is 0 Å². The fourth-order valence-corrected chi connectivity index (χ4v) is 3.01. The molecule has 6 nitrogen and oxygen atoms in total. The molecule has 0 aliphatic carbocycles. The van der Waals surface area contributed by atoms with Crippen LogP contribution < -0.4 is 16.3 Å². The highest BCUT2D eigenvalue weighted by atomic mass is 16.3. The van der Waals surface area contributed by atoms with Crippen LogP contribution in [0.1, 0.15) is 39.5 Å². The molecule has 0 saturated carbocycles. The minimum absolute atomic E-state index is 0.0722. The summed E-state index contributed by atoms with van der Waals surface area (Å²) in [5.41, 5.74) is 7.55. The van der Waals surface area contributed by atoms with Crippen molar-refractivity contribution in [1.82, 2.24) is 9.88 Å². The molecule has 6 heteroatoms. The van der Waals surface area contributed by atoms with Crippen LogP contribution in [0.3, 0.4) is 0 Å². The first-order valence-electron chi connectivity index (χ1n) is 11.0. The number of carbonyl (C=O) groups is 2. The number of allylic oxidation sites excluding steroid dienone is 7. The normalized spacial score (nSPS) is 13.7. The van der Waals surface area contributed by atoms with Crippen molar-refractivity contribution in [3.63, 3.8) is 0 Å². The largest absolute Gasteiger partial charge is 0.395 e. The molecule has 0 aliphatic rings. The summed E-state index contributed by atoms with van der Waals surface area (Å²) in [7, 11) is 0. The second-order valence-electron chi connectivity index (χ2n) is 7.44. The Kier molecular flexibility index (Phi) is 13.5. The van der Waals surface area contributed by atoms with Crippen molar-refractivity contribution in [3.8, 4) is 0 Å². The van der Waals surface area contributed by atoms with E-state index < -0.39 is 0 Å². The molecule has 0 spiro atoms. The number of ketones is 2. The Bertz CT molecular complexity index is 951. The van der Waals surface area contributed by atoms with E-state index in [4.69, 9.17) is 10.8 Å². The highest BCUT2D eigenvalue weighted by Gasteiger charge is 2.08. The van der Waals surface area contributed by atoms with E-state index in [-0.39, 0.29) is 24.6 Å². The molecule has 0 amide bonds. The number of aliphatic hydroxyl groups excluding tert-OH is 1. The summed E-state index contributed by atoms with van der Waals surface area (Å²) in [5.74, 6) is -0.271. The Morgan fingerprint density at radius 3 is 2.53 bits per heavy atom. The van der Waals surface area contributed by atoms with Crippen molar-refractivity contribution >= 4 is 24.2 Å². The number of nitrogens with one attached hydrogen (secondary N) is 1. The lowest BCUT2D eigenvalue weighted by atomic mass is 10.0. The number of carbonyl (C=O) groups excluding carboxylic acids is 2. The minimum atomic E-state index is -0.199. The van der Waals surface area contributed by atoms with Crippen LogP contribution in [-0.4, -0.2) is 52.9 Å². The van der Waals surface area contributed by atoms with Crippen molar-refractivity contribution in [1.29, 1.82) is 0 Å². The number of nitrogens with two attached hydrogens (primary N) is 1. The first-order valence-corrected chi connectivity index (χ1v) is 11.0. The third-order valence-corrected chi connectivity index (χ3v) is 5.03. The molecule has 0 atom stereocenters. The fraction of sp³-hybridized carbons (Fsp3) is 0.385. The van der Waals surface area contributed by atoms with Crippen LogP contribution in [0.15, 0.2) is 59.9 Å². The van der Waals surface area contributed by atoms with Gasteiger partial charge in [-0.2, -0.15) is 0 Å². The van der Waals surface area contributed by atoms with Gasteiger partial charge in [-0.15, -0.1) is 0 Å². The van der Waals surface area contributed by atoms with E-state index in [9.17, 15) is 9.59 Å². The summed E-state index contributed by atoms with van der Waals surface area (Å²) in [5, 5.41) is 10.8. The number of H-pyrrole nitrogens is 1. The minimum Gasteiger partial charge on any atom is -0.395 e. The average molecular weight is 440 g/mol. The van der Waals surface area contributed by atoms with Gasteiger partial charge in [-0.1, -0.05) is 37.0 Å². The SMILES string of the molecule is C=c1cc[nH]/c1=C/C(=C\C)CCC(=O)CC(=O)/C=C/C(/C=C\CCN(CN)CCO)=C/C. The summed E-state index contributed by atoms with van der Waals surface area (Å²) in [6.07, 6.45) is 16.4. The lowest BCUT2D eigenvalue weighted by Crippen LogP contribution is -2.33. The first kappa shape index (κ1) is 27.2. The van der Waals surface area contributed by atoms with Crippen LogP contribution in [0.25, 0.3) is 12.7 Å². The van der Waals surface area contributed by atoms with E-state index in [0.29, 0.717) is 26.1 Å². The molecular weight excluding hydrogens is 402 g/mol. The summed E-state index contributed by atoms with van der Waals surface area (Å²) in [6.45, 7) is 9.59. The Hall–Kier alpha value is -2.80. The van der Waals surface area contributed by atoms with E-state index in [2.05, 4.69) is 11.6 Å². The molecule has 1 aromatic rings. The molecule has 0 bridgehead atoms. The third-order valence-electron chi connectivity index (χ3n) is 5.03. The predicted molar refractivity (Wildman–Crippen MR) is 132 cm³/mol. The van der Waals surface area contributed by atoms with Crippen molar-refractivity contribution < 1.29 is 14.7 Å². The molecule has 174 valence electrons. The van der Waals surface area contributed by atoms with Crippen LogP contribution >= 0.6 is 0 Å². The van der Waals surface area contributed by atoms with Crippen LogP contribution in [0, 0.1) is 0 Å². The van der Waals surface area contributed by atoms with E-state index >= 15 is 0 Å². The molecule has 0 aliphatic heterocycles. The predicted octanol–water partition coefficient (Wildman–Crippen LogP) is 2.12. The summed E-state index contributed by atoms with van der Waals surface area (Å²) < 4.78 is 0. The van der Waals surface area contributed by atoms with Gasteiger partial charge >= 0.3 is 0 Å². The van der Waals surface area contributed by atoms with Crippen molar-refractivity contribution in [2.45, 2.75) is 39.5 Å². The Labute approximate surface area is 191 Å². The second kappa shape index (κ2) is 15.9. The zero-order valence-corrected chi connectivity index (χ0v) is 19.3. The number of hydrogen-bond acceptors (Lipinski definition) is 5. The molecule has 0 fully saturated rings. The Morgan fingerprint density at radius 2 is 1.94 bits per heavy atom. The Balaban J connectivity index is 2.48. The highest BCUT2D eigenvalue weighted by Crippen LogP contribution is 2.09. The average Bonchev–Trinajstić information content (AvgIpc) is 3.19. The molecule has 0 radical (unpaired) electrons. The van der Waals surface area contributed by atoms with Crippen LogP contribution in [0.4, 0.5) is 0 Å². The number of nitrogens with zero attached hydrogens (tertiary/aromatic N) is 1. The topological polar surface area (TPSA) is 99.4 Å². The zero-order valence-electron chi connectivity index (χ0n) is 19.3. The number of aromatic amines is 1. The summed E-state index contributed by atoms with van der Waals surface area (Å²) in [4.78, 5) is 29.5. The molecule has 1 rings (SSSR count). The number of aromatic nitrogens is 1. The standard InChI is InChI=1S/C26H37N3O3/c1-4-22(8-6-7-15-29(20-27)16-17-30)9-11-24(31)19-25(32)12-10-23(5-2)18-26-21(3)13-14-28-26/h4-6,8-9,11,13-14,18,28,30H,3,7,10,12,15-17,19-20,27H2,1-2H3/b8-6-,11-9+,22-4+,23-5-,26-18+. The van der Waals surface area contributed by atoms with E-state index in [1.807, 2.05) is 61.4 Å². The molecule has 0 unspecified atom stereocenters. The van der Waals surface area contributed by atoms with Gasteiger partial charge in [0.2, 0.25) is 0 Å². The van der Waals surface area contributed by atoms with Crippen molar-refractivity contribution in [3.05, 3.63) is 70.4 Å². The smallest absolute Gasteiger partial charge is 0.163 e. The molecule has 1 heterocycles. The maximum absolute atomic E-state index is 12.2. The van der Waals surface area contributed by atoms with Gasteiger partial charge < -0.3 is 15.8 Å². The van der Waals surface area contributed by atoms with Gasteiger partial charge in [0.1, 0.15) is 5.78 Å². The van der Waals surface area contributed by atoms with E-state index in [0.717, 1.165) is 34.7 Å². The van der Waals surface area contributed by atoms with Crippen molar-refractivity contribution in [2.75, 3.05) is 26.4 Å². The van der Waals surface area contributed by atoms with Crippen LogP contribution in [-0.2, 0) is 9.59 Å². The number of aliphatic hydroxyl groups is 1. The molecule has 32 heavy (non-hydrogen) atoms. The molecule has 0 aromatic carbocycles. The molecule has 1 aromatic heterocycles. The second-order valence-corrected chi connectivity index (χ2v) is 7.44. The third kappa shape index (κ3) is 11.0. The van der Waals surface area contributed by atoms with Crippen LogP contribution in [0.5, 0.6) is 0 Å². The molecule has 0 saturated heterocycles. The van der Waals surface area contributed by atoms with Gasteiger partial charge in [0.25, 0.3) is 0 Å². The van der Waals surface area contributed by atoms with Gasteiger partial charge in [-0.3, -0.25) is 14.5 Å². The van der Waals surface area contributed by atoms with Gasteiger partial charge in [-0.05, 0) is 61.3 Å². The number of rotatable bonds is 15. The van der Waals surface area contributed by atoms with Gasteiger partial charge in [0.05, 0.1) is 13.0 Å². The zero-order chi connectivity index (χ0) is 23.8. The fourth-order valence-electron chi connectivity index (χ4n) is 3.01. The monoisotopic (exact) mass is 439 g/mol. The first-order chi connectivity index (χ1) is 15.4. The Morgan fingerprint density at radius 1 is 1.16 bits per heavy atom. The summed E-state index contributed by atoms with van der Waals surface area (Å²) >= 11 is 0. The molecular formula is C26H37N3O3. The maximum Gasteiger partial charge on any atom is 0.163 e. The quantitative estimate of drug-likeness (QED) is 0.168. The lowest BCUT2D eigenvalue weighted by molar-refractivity contribution is -0.124.